The van der Waals surface area contributed by atoms with Crippen LogP contribution >= 0.6 is 15.8 Å². The Labute approximate surface area is 228 Å². The summed E-state index contributed by atoms with van der Waals surface area (Å²) in [6, 6.07) is 0. The van der Waals surface area contributed by atoms with Crippen LogP contribution in [0.3, 0.4) is 0 Å². The SMILES string of the molecule is C1CCC(P(CCP(C2CCCCC2)C2CCCCC2)C2CCCCC2)CC1.[Br-].[Br-].[Ni+2]. The molecule has 0 atom stereocenters. The van der Waals surface area contributed by atoms with Crippen molar-refractivity contribution in [3.8, 4) is 0 Å². The Morgan fingerprint density at radius 1 is 0.355 bits per heavy atom. The molecule has 4 saturated carbocycles. The number of rotatable bonds is 7. The normalized spacial score (nSPS) is 25.0. The summed E-state index contributed by atoms with van der Waals surface area (Å²) in [7, 11) is 0.689. The Balaban J connectivity index is 0.00000160. The molecule has 4 rings (SSSR count). The van der Waals surface area contributed by atoms with E-state index in [0.717, 1.165) is 0 Å². The van der Waals surface area contributed by atoms with Crippen molar-refractivity contribution in [2.24, 2.45) is 0 Å². The first-order valence-corrected chi connectivity index (χ1v) is 16.8. The predicted octanol–water partition coefficient (Wildman–Crippen LogP) is 3.29. The van der Waals surface area contributed by atoms with Gasteiger partial charge in [0, 0.05) is 0 Å². The first-order chi connectivity index (χ1) is 13.9. The second-order valence-electron chi connectivity index (χ2n) is 10.6. The van der Waals surface area contributed by atoms with Crippen LogP contribution in [0.25, 0.3) is 0 Å². The summed E-state index contributed by atoms with van der Waals surface area (Å²) < 4.78 is 0. The Kier molecular flexibility index (Phi) is 17.9. The first kappa shape index (κ1) is 31.3. The summed E-state index contributed by atoms with van der Waals surface area (Å²) in [6.07, 6.45) is 35.1. The van der Waals surface area contributed by atoms with Crippen molar-refractivity contribution >= 4 is 15.8 Å². The molecule has 0 aromatic rings. The molecular weight excluding hydrogens is 593 g/mol. The number of halogens is 2. The second kappa shape index (κ2) is 17.7. The molecule has 186 valence electrons. The first-order valence-electron chi connectivity index (χ1n) is 13.4. The summed E-state index contributed by atoms with van der Waals surface area (Å²) >= 11 is 0. The van der Waals surface area contributed by atoms with Crippen LogP contribution in [0, 0.1) is 0 Å². The quantitative estimate of drug-likeness (QED) is 0.296. The molecule has 0 unspecified atom stereocenters. The smallest absolute Gasteiger partial charge is 1.00 e. The summed E-state index contributed by atoms with van der Waals surface area (Å²) in [5, 5.41) is 0. The average molecular weight is 641 g/mol. The zero-order chi connectivity index (χ0) is 19.0. The summed E-state index contributed by atoms with van der Waals surface area (Å²) in [5.41, 5.74) is 4.73. The Hall–Kier alpha value is 2.31. The summed E-state index contributed by atoms with van der Waals surface area (Å²) in [6.45, 7) is 0. The number of hydrogen-bond acceptors (Lipinski definition) is 0. The van der Waals surface area contributed by atoms with Gasteiger partial charge in [0.2, 0.25) is 0 Å². The van der Waals surface area contributed by atoms with E-state index in [1.165, 1.54) is 22.6 Å². The molecular formula is C26H48Br2NiP2. The molecule has 0 saturated heterocycles. The van der Waals surface area contributed by atoms with Crippen LogP contribution < -0.4 is 34.0 Å². The molecule has 0 aromatic carbocycles. The predicted molar refractivity (Wildman–Crippen MR) is 131 cm³/mol. The molecule has 4 aliphatic rings. The van der Waals surface area contributed by atoms with Crippen LogP contribution in [0.15, 0.2) is 0 Å². The van der Waals surface area contributed by atoms with Crippen LogP contribution in [-0.4, -0.2) is 35.0 Å². The van der Waals surface area contributed by atoms with E-state index in [-0.39, 0.29) is 50.5 Å². The molecule has 31 heavy (non-hydrogen) atoms. The fourth-order valence-corrected chi connectivity index (χ4v) is 15.8. The van der Waals surface area contributed by atoms with Crippen molar-refractivity contribution < 1.29 is 50.5 Å². The van der Waals surface area contributed by atoms with Crippen LogP contribution in [0.1, 0.15) is 128 Å². The molecule has 4 fully saturated rings. The maximum absolute atomic E-state index is 1.71. The van der Waals surface area contributed by atoms with Crippen molar-refractivity contribution in [3.63, 3.8) is 0 Å². The minimum absolute atomic E-state index is 0. The van der Waals surface area contributed by atoms with Gasteiger partial charge in [0.1, 0.15) is 0 Å². The Morgan fingerprint density at radius 2 is 0.548 bits per heavy atom. The summed E-state index contributed by atoms with van der Waals surface area (Å²) in [5.74, 6) is 0. The van der Waals surface area contributed by atoms with Crippen molar-refractivity contribution in [2.45, 2.75) is 151 Å². The zero-order valence-electron chi connectivity index (χ0n) is 19.8. The van der Waals surface area contributed by atoms with Crippen LogP contribution in [-0.2, 0) is 16.5 Å². The van der Waals surface area contributed by atoms with Crippen molar-refractivity contribution in [3.05, 3.63) is 0 Å². The third kappa shape index (κ3) is 9.70. The molecule has 0 nitrogen and oxygen atoms in total. The third-order valence-electron chi connectivity index (χ3n) is 8.79. The van der Waals surface area contributed by atoms with E-state index in [4.69, 9.17) is 0 Å². The molecule has 0 heterocycles. The van der Waals surface area contributed by atoms with Gasteiger partial charge in [-0.2, -0.15) is 0 Å². The third-order valence-corrected chi connectivity index (χ3v) is 16.4. The minimum atomic E-state index is 0. The van der Waals surface area contributed by atoms with E-state index in [9.17, 15) is 0 Å². The largest absolute Gasteiger partial charge is 2.00 e. The maximum Gasteiger partial charge on any atom is 2.00 e. The molecule has 5 heteroatoms. The molecule has 0 N–H and O–H groups in total. The molecule has 0 amide bonds. The van der Waals surface area contributed by atoms with Crippen molar-refractivity contribution in [2.75, 3.05) is 12.3 Å². The van der Waals surface area contributed by atoms with E-state index < -0.39 is 0 Å². The van der Waals surface area contributed by atoms with E-state index in [2.05, 4.69) is 0 Å². The monoisotopic (exact) mass is 638 g/mol. The fourth-order valence-electron chi connectivity index (χ4n) is 7.21. The average Bonchev–Trinajstić information content (AvgIpc) is 2.79. The van der Waals surface area contributed by atoms with Crippen LogP contribution in [0.5, 0.6) is 0 Å². The van der Waals surface area contributed by atoms with Gasteiger partial charge in [-0.1, -0.05) is 92.9 Å². The van der Waals surface area contributed by atoms with Gasteiger partial charge < -0.3 is 34.0 Å². The van der Waals surface area contributed by atoms with Crippen LogP contribution in [0.2, 0.25) is 0 Å². The van der Waals surface area contributed by atoms with Gasteiger partial charge in [-0.15, -0.1) is 0 Å². The van der Waals surface area contributed by atoms with E-state index in [1.807, 2.05) is 0 Å². The van der Waals surface area contributed by atoms with Crippen LogP contribution in [0.4, 0.5) is 0 Å². The Morgan fingerprint density at radius 3 is 0.742 bits per heavy atom. The number of hydrogen-bond donors (Lipinski definition) is 0. The maximum atomic E-state index is 1.71. The molecule has 4 aliphatic carbocycles. The topological polar surface area (TPSA) is 0 Å². The van der Waals surface area contributed by atoms with E-state index in [1.54, 1.807) is 141 Å². The van der Waals surface area contributed by atoms with Gasteiger partial charge in [0.15, 0.2) is 0 Å². The van der Waals surface area contributed by atoms with E-state index in [0.29, 0.717) is 15.8 Å². The van der Waals surface area contributed by atoms with E-state index >= 15 is 0 Å². The van der Waals surface area contributed by atoms with Gasteiger partial charge in [0.25, 0.3) is 0 Å². The van der Waals surface area contributed by atoms with Gasteiger partial charge in [0.05, 0.1) is 0 Å². The fraction of sp³-hybridized carbons (Fsp3) is 1.00. The zero-order valence-corrected chi connectivity index (χ0v) is 25.8. The van der Waals surface area contributed by atoms with Gasteiger partial charge in [-0.25, -0.2) is 0 Å². The van der Waals surface area contributed by atoms with Crippen molar-refractivity contribution in [1.82, 2.24) is 0 Å². The second-order valence-corrected chi connectivity index (χ2v) is 16.5. The van der Waals surface area contributed by atoms with Gasteiger partial charge in [-0.3, -0.25) is 0 Å². The van der Waals surface area contributed by atoms with Gasteiger partial charge in [-0.05, 0) is 86.3 Å². The molecule has 0 radical (unpaired) electrons. The Bertz CT molecular complexity index is 353. The molecule has 0 aliphatic heterocycles. The molecule has 0 aromatic heterocycles. The summed E-state index contributed by atoms with van der Waals surface area (Å²) in [4.78, 5) is 0. The van der Waals surface area contributed by atoms with Crippen molar-refractivity contribution in [1.29, 1.82) is 0 Å². The van der Waals surface area contributed by atoms with Gasteiger partial charge >= 0.3 is 16.5 Å². The molecule has 0 spiro atoms. The minimum Gasteiger partial charge on any atom is -1.00 e. The standard InChI is InChI=1S/C26H48P2.2BrH.Ni/c1-5-13-23(14-6-1)27(24-15-7-2-8-16-24)21-22-28(25-17-9-3-10-18-25)26-19-11-4-12-20-26;;;/h23-26H,1-22H2;2*1H;/q;;;+2/p-2. The molecule has 0 bridgehead atoms.